The number of rotatable bonds is 2. The molecule has 0 bridgehead atoms. The maximum absolute atomic E-state index is 12.9. The molecular weight excluding hydrogens is 245 g/mol. The number of carbonyl (C=O) groups is 1. The summed E-state index contributed by atoms with van der Waals surface area (Å²) in [4.78, 5) is 12.2. The minimum absolute atomic E-state index is 0.0513. The topological polar surface area (TPSA) is 38.3 Å². The predicted molar refractivity (Wildman–Crippen MR) is 71.3 cm³/mol. The van der Waals surface area contributed by atoms with Gasteiger partial charge in [0.1, 0.15) is 11.4 Å². The summed E-state index contributed by atoms with van der Waals surface area (Å²) in [7, 11) is 0. The van der Waals surface area contributed by atoms with Crippen LogP contribution in [-0.4, -0.2) is 24.7 Å². The number of carbonyl (C=O) groups excluding carboxylic acids is 1. The van der Waals surface area contributed by atoms with Gasteiger partial charge in [-0.05, 0) is 38.5 Å². The molecular formula is C15H20FNO2. The summed E-state index contributed by atoms with van der Waals surface area (Å²) in [6.07, 6.45) is 0. The van der Waals surface area contributed by atoms with Gasteiger partial charge in [-0.1, -0.05) is 12.1 Å². The van der Waals surface area contributed by atoms with E-state index in [1.165, 1.54) is 12.1 Å². The average Bonchev–Trinajstić information content (AvgIpc) is 2.76. The number of benzene rings is 1. The zero-order chi connectivity index (χ0) is 14.0. The van der Waals surface area contributed by atoms with Crippen molar-refractivity contribution in [2.24, 2.45) is 5.92 Å². The van der Waals surface area contributed by atoms with Crippen LogP contribution in [-0.2, 0) is 9.53 Å². The Morgan fingerprint density at radius 3 is 2.47 bits per heavy atom. The molecule has 3 nitrogen and oxygen atoms in total. The van der Waals surface area contributed by atoms with E-state index < -0.39 is 5.60 Å². The van der Waals surface area contributed by atoms with Crippen LogP contribution in [0.4, 0.5) is 4.39 Å². The van der Waals surface area contributed by atoms with Gasteiger partial charge in [-0.15, -0.1) is 0 Å². The lowest BCUT2D eigenvalue weighted by molar-refractivity contribution is -0.159. The van der Waals surface area contributed by atoms with Crippen molar-refractivity contribution in [3.63, 3.8) is 0 Å². The third-order valence-corrected chi connectivity index (χ3v) is 3.22. The average molecular weight is 265 g/mol. The molecule has 0 spiro atoms. The molecule has 4 heteroatoms. The summed E-state index contributed by atoms with van der Waals surface area (Å²) in [5.41, 5.74) is 0.495. The van der Waals surface area contributed by atoms with Gasteiger partial charge in [0.05, 0.1) is 5.92 Å². The highest BCUT2D eigenvalue weighted by molar-refractivity contribution is 5.75. The maximum atomic E-state index is 12.9. The summed E-state index contributed by atoms with van der Waals surface area (Å²) in [6.45, 7) is 6.91. The number of ether oxygens (including phenoxy) is 1. The van der Waals surface area contributed by atoms with Crippen molar-refractivity contribution in [3.05, 3.63) is 35.6 Å². The molecule has 1 aromatic carbocycles. The zero-order valence-corrected chi connectivity index (χ0v) is 11.6. The third-order valence-electron chi connectivity index (χ3n) is 3.22. The molecule has 2 rings (SSSR count). The molecule has 1 aromatic rings. The van der Waals surface area contributed by atoms with Gasteiger partial charge in [-0.25, -0.2) is 4.39 Å². The Labute approximate surface area is 113 Å². The lowest BCUT2D eigenvalue weighted by Crippen LogP contribution is -2.31. The lowest BCUT2D eigenvalue weighted by Gasteiger charge is -2.24. The molecule has 1 heterocycles. The standard InChI is InChI=1S/C15H20FNO2/c1-15(2,3)19-14(18)13-9-17-8-12(13)10-4-6-11(16)7-5-10/h4-7,12-13,17H,8-9H2,1-3H3/t12-,13+/m0/s1. The fourth-order valence-corrected chi connectivity index (χ4v) is 2.36. The number of esters is 1. The Balaban J connectivity index is 2.12. The van der Waals surface area contributed by atoms with Crippen LogP contribution in [0.5, 0.6) is 0 Å². The van der Waals surface area contributed by atoms with E-state index in [9.17, 15) is 9.18 Å². The van der Waals surface area contributed by atoms with E-state index in [1.807, 2.05) is 20.8 Å². The van der Waals surface area contributed by atoms with Gasteiger partial charge in [0.2, 0.25) is 0 Å². The molecule has 19 heavy (non-hydrogen) atoms. The summed E-state index contributed by atoms with van der Waals surface area (Å²) in [6, 6.07) is 6.34. The van der Waals surface area contributed by atoms with Crippen LogP contribution in [0.1, 0.15) is 32.3 Å². The SMILES string of the molecule is CC(C)(C)OC(=O)[C@@H]1CNC[C@H]1c1ccc(F)cc1. The minimum atomic E-state index is -0.479. The molecule has 104 valence electrons. The fraction of sp³-hybridized carbons (Fsp3) is 0.533. The van der Waals surface area contributed by atoms with Crippen LogP contribution in [0.15, 0.2) is 24.3 Å². The molecule has 1 N–H and O–H groups in total. The molecule has 0 radical (unpaired) electrons. The zero-order valence-electron chi connectivity index (χ0n) is 11.6. The Morgan fingerprint density at radius 1 is 1.26 bits per heavy atom. The first-order valence-corrected chi connectivity index (χ1v) is 6.56. The second-order valence-electron chi connectivity index (χ2n) is 5.96. The monoisotopic (exact) mass is 265 g/mol. The Bertz CT molecular complexity index is 450. The van der Waals surface area contributed by atoms with Crippen molar-refractivity contribution in [2.75, 3.05) is 13.1 Å². The van der Waals surface area contributed by atoms with E-state index >= 15 is 0 Å². The van der Waals surface area contributed by atoms with E-state index in [4.69, 9.17) is 4.74 Å². The normalized spacial score (nSPS) is 23.4. The first-order chi connectivity index (χ1) is 8.87. The van der Waals surface area contributed by atoms with Crippen LogP contribution in [0.2, 0.25) is 0 Å². The van der Waals surface area contributed by atoms with Gasteiger partial charge in [0.15, 0.2) is 0 Å². The number of nitrogens with one attached hydrogen (secondary N) is 1. The van der Waals surface area contributed by atoms with E-state index in [2.05, 4.69) is 5.32 Å². The molecule has 0 saturated carbocycles. The van der Waals surface area contributed by atoms with Crippen LogP contribution in [0, 0.1) is 11.7 Å². The fourth-order valence-electron chi connectivity index (χ4n) is 2.36. The van der Waals surface area contributed by atoms with Crippen molar-refractivity contribution in [3.8, 4) is 0 Å². The molecule has 1 aliphatic heterocycles. The van der Waals surface area contributed by atoms with Crippen molar-refractivity contribution >= 4 is 5.97 Å². The molecule has 0 amide bonds. The van der Waals surface area contributed by atoms with Crippen molar-refractivity contribution in [2.45, 2.75) is 32.3 Å². The van der Waals surface area contributed by atoms with Gasteiger partial charge >= 0.3 is 5.97 Å². The Kier molecular flexibility index (Phi) is 3.90. The molecule has 0 unspecified atom stereocenters. The van der Waals surface area contributed by atoms with E-state index in [-0.39, 0.29) is 23.6 Å². The molecule has 1 aliphatic rings. The quantitative estimate of drug-likeness (QED) is 0.835. The highest BCUT2D eigenvalue weighted by Crippen LogP contribution is 2.30. The van der Waals surface area contributed by atoms with Crippen LogP contribution in [0.25, 0.3) is 0 Å². The molecule has 0 aliphatic carbocycles. The minimum Gasteiger partial charge on any atom is -0.460 e. The molecule has 1 saturated heterocycles. The highest BCUT2D eigenvalue weighted by Gasteiger charge is 2.36. The molecule has 2 atom stereocenters. The van der Waals surface area contributed by atoms with Crippen LogP contribution < -0.4 is 5.32 Å². The first kappa shape index (κ1) is 14.0. The van der Waals surface area contributed by atoms with E-state index in [1.54, 1.807) is 12.1 Å². The maximum Gasteiger partial charge on any atom is 0.311 e. The number of hydrogen-bond donors (Lipinski definition) is 1. The second-order valence-corrected chi connectivity index (χ2v) is 5.96. The van der Waals surface area contributed by atoms with Crippen molar-refractivity contribution < 1.29 is 13.9 Å². The van der Waals surface area contributed by atoms with Gasteiger partial charge in [-0.2, -0.15) is 0 Å². The Morgan fingerprint density at radius 2 is 1.89 bits per heavy atom. The van der Waals surface area contributed by atoms with Gasteiger partial charge < -0.3 is 10.1 Å². The van der Waals surface area contributed by atoms with Crippen LogP contribution in [0.3, 0.4) is 0 Å². The second kappa shape index (κ2) is 5.29. The number of hydrogen-bond acceptors (Lipinski definition) is 3. The largest absolute Gasteiger partial charge is 0.460 e. The summed E-state index contributed by atoms with van der Waals surface area (Å²) in [5.74, 6) is -0.601. The summed E-state index contributed by atoms with van der Waals surface area (Å²) < 4.78 is 18.4. The van der Waals surface area contributed by atoms with E-state index in [0.717, 1.165) is 12.1 Å². The smallest absolute Gasteiger partial charge is 0.311 e. The number of halogens is 1. The third kappa shape index (κ3) is 3.53. The molecule has 0 aromatic heterocycles. The van der Waals surface area contributed by atoms with Gasteiger partial charge in [-0.3, -0.25) is 4.79 Å². The molecule has 1 fully saturated rings. The predicted octanol–water partition coefficient (Wildman–Crippen LogP) is 2.47. The Hall–Kier alpha value is -1.42. The first-order valence-electron chi connectivity index (χ1n) is 6.56. The van der Waals surface area contributed by atoms with Crippen LogP contribution >= 0.6 is 0 Å². The van der Waals surface area contributed by atoms with Gasteiger partial charge in [0.25, 0.3) is 0 Å². The van der Waals surface area contributed by atoms with Gasteiger partial charge in [0, 0.05) is 19.0 Å². The highest BCUT2D eigenvalue weighted by atomic mass is 19.1. The summed E-state index contributed by atoms with van der Waals surface area (Å²) in [5, 5.41) is 3.21. The van der Waals surface area contributed by atoms with Crippen molar-refractivity contribution in [1.29, 1.82) is 0 Å². The van der Waals surface area contributed by atoms with E-state index in [0.29, 0.717) is 6.54 Å². The lowest BCUT2D eigenvalue weighted by atomic mass is 9.89. The summed E-state index contributed by atoms with van der Waals surface area (Å²) >= 11 is 0. The van der Waals surface area contributed by atoms with Crippen molar-refractivity contribution in [1.82, 2.24) is 5.32 Å².